The van der Waals surface area contributed by atoms with Crippen molar-refractivity contribution in [3.8, 4) is 0 Å². The molecule has 0 aromatic heterocycles. The Morgan fingerprint density at radius 3 is 2.55 bits per heavy atom. The molecule has 0 bridgehead atoms. The molecule has 2 aliphatic rings. The van der Waals surface area contributed by atoms with Crippen LogP contribution in [0.5, 0.6) is 0 Å². The van der Waals surface area contributed by atoms with Gasteiger partial charge in [0.2, 0.25) is 0 Å². The molecule has 3 nitrogen and oxygen atoms in total. The highest BCUT2D eigenvalue weighted by Crippen LogP contribution is 2.20. The van der Waals surface area contributed by atoms with E-state index in [1.165, 1.54) is 38.1 Å². The summed E-state index contributed by atoms with van der Waals surface area (Å²) < 4.78 is 12.9. The highest BCUT2D eigenvalue weighted by molar-refractivity contribution is 5.97. The molecule has 1 atom stereocenters. The van der Waals surface area contributed by atoms with E-state index >= 15 is 0 Å². The van der Waals surface area contributed by atoms with Crippen LogP contribution in [0.1, 0.15) is 29.6 Å². The van der Waals surface area contributed by atoms with Gasteiger partial charge in [-0.15, -0.1) is 0 Å². The van der Waals surface area contributed by atoms with E-state index in [4.69, 9.17) is 0 Å². The van der Waals surface area contributed by atoms with Crippen LogP contribution in [0, 0.1) is 5.82 Å². The van der Waals surface area contributed by atoms with Gasteiger partial charge in [-0.05, 0) is 56.6 Å². The standard InChI is InChI=1S/C16H21FN2O/c17-14-5-3-13(4-6-14)16(20)12-18-10-7-15(11-18)19-8-1-2-9-19/h3-6,15H,1-2,7-12H2. The normalized spacial score (nSPS) is 24.4. The molecule has 0 aliphatic carbocycles. The predicted molar refractivity (Wildman–Crippen MR) is 76.4 cm³/mol. The van der Waals surface area contributed by atoms with Gasteiger partial charge in [-0.2, -0.15) is 0 Å². The van der Waals surface area contributed by atoms with E-state index in [-0.39, 0.29) is 11.6 Å². The number of carbonyl (C=O) groups is 1. The third-order valence-electron chi connectivity index (χ3n) is 4.44. The fraction of sp³-hybridized carbons (Fsp3) is 0.562. The minimum Gasteiger partial charge on any atom is -0.299 e. The van der Waals surface area contributed by atoms with Gasteiger partial charge < -0.3 is 0 Å². The Bertz CT molecular complexity index is 468. The first-order valence-electron chi connectivity index (χ1n) is 7.47. The van der Waals surface area contributed by atoms with Crippen molar-refractivity contribution in [2.24, 2.45) is 0 Å². The van der Waals surface area contributed by atoms with Gasteiger partial charge in [0.1, 0.15) is 5.82 Å². The molecule has 2 aliphatic heterocycles. The molecule has 0 N–H and O–H groups in total. The first kappa shape index (κ1) is 13.7. The van der Waals surface area contributed by atoms with E-state index in [2.05, 4.69) is 9.80 Å². The summed E-state index contributed by atoms with van der Waals surface area (Å²) in [5, 5.41) is 0. The average Bonchev–Trinajstić information content (AvgIpc) is 3.09. The zero-order valence-electron chi connectivity index (χ0n) is 11.7. The summed E-state index contributed by atoms with van der Waals surface area (Å²) in [6, 6.07) is 6.48. The van der Waals surface area contributed by atoms with Crippen LogP contribution in [0.15, 0.2) is 24.3 Å². The molecule has 1 aromatic rings. The first-order valence-corrected chi connectivity index (χ1v) is 7.47. The Kier molecular flexibility index (Phi) is 4.13. The SMILES string of the molecule is O=C(CN1CCC(N2CCCC2)C1)c1ccc(F)cc1. The second-order valence-corrected chi connectivity index (χ2v) is 5.85. The van der Waals surface area contributed by atoms with Crippen LogP contribution in [0.25, 0.3) is 0 Å². The Morgan fingerprint density at radius 1 is 1.15 bits per heavy atom. The highest BCUT2D eigenvalue weighted by atomic mass is 19.1. The van der Waals surface area contributed by atoms with Crippen molar-refractivity contribution < 1.29 is 9.18 Å². The van der Waals surface area contributed by atoms with E-state index in [9.17, 15) is 9.18 Å². The van der Waals surface area contributed by atoms with Gasteiger partial charge in [0.15, 0.2) is 5.78 Å². The average molecular weight is 276 g/mol. The fourth-order valence-corrected chi connectivity index (χ4v) is 3.29. The van der Waals surface area contributed by atoms with E-state index in [0.29, 0.717) is 18.2 Å². The lowest BCUT2D eigenvalue weighted by Gasteiger charge is -2.23. The van der Waals surface area contributed by atoms with Crippen LogP contribution in [-0.4, -0.2) is 54.3 Å². The van der Waals surface area contributed by atoms with Gasteiger partial charge >= 0.3 is 0 Å². The van der Waals surface area contributed by atoms with Gasteiger partial charge in [0, 0.05) is 24.7 Å². The van der Waals surface area contributed by atoms with Crippen molar-refractivity contribution in [3.05, 3.63) is 35.6 Å². The Hall–Kier alpha value is -1.26. The molecular weight excluding hydrogens is 255 g/mol. The number of likely N-dealkylation sites (tertiary alicyclic amines) is 2. The molecule has 0 spiro atoms. The van der Waals surface area contributed by atoms with E-state index < -0.39 is 0 Å². The molecular formula is C16H21FN2O. The number of nitrogens with zero attached hydrogens (tertiary/aromatic N) is 2. The summed E-state index contributed by atoms with van der Waals surface area (Å²) in [5.41, 5.74) is 0.607. The van der Waals surface area contributed by atoms with E-state index in [1.54, 1.807) is 12.1 Å². The van der Waals surface area contributed by atoms with Gasteiger partial charge in [0.25, 0.3) is 0 Å². The molecule has 2 saturated heterocycles. The van der Waals surface area contributed by atoms with Crippen LogP contribution in [-0.2, 0) is 0 Å². The maximum atomic E-state index is 12.9. The lowest BCUT2D eigenvalue weighted by atomic mass is 10.1. The van der Waals surface area contributed by atoms with E-state index in [1.807, 2.05) is 0 Å². The second kappa shape index (κ2) is 6.02. The third-order valence-corrected chi connectivity index (χ3v) is 4.44. The minimum atomic E-state index is -0.295. The molecule has 108 valence electrons. The maximum Gasteiger partial charge on any atom is 0.176 e. The molecule has 0 radical (unpaired) electrons. The summed E-state index contributed by atoms with van der Waals surface area (Å²) in [6.45, 7) is 4.87. The van der Waals surface area contributed by atoms with Gasteiger partial charge in [-0.3, -0.25) is 14.6 Å². The quantitative estimate of drug-likeness (QED) is 0.788. The number of benzene rings is 1. The molecule has 2 fully saturated rings. The topological polar surface area (TPSA) is 23.6 Å². The summed E-state index contributed by atoms with van der Waals surface area (Å²) in [4.78, 5) is 17.0. The molecule has 2 heterocycles. The first-order chi connectivity index (χ1) is 9.72. The lowest BCUT2D eigenvalue weighted by Crippen LogP contribution is -2.36. The van der Waals surface area contributed by atoms with Crippen molar-refractivity contribution >= 4 is 5.78 Å². The van der Waals surface area contributed by atoms with Crippen LogP contribution in [0.3, 0.4) is 0 Å². The summed E-state index contributed by atoms with van der Waals surface area (Å²) >= 11 is 0. The van der Waals surface area contributed by atoms with Crippen LogP contribution < -0.4 is 0 Å². The summed E-state index contributed by atoms with van der Waals surface area (Å²) in [5.74, 6) is -0.205. The Morgan fingerprint density at radius 2 is 1.85 bits per heavy atom. The largest absolute Gasteiger partial charge is 0.299 e. The molecule has 0 amide bonds. The molecule has 1 unspecified atom stereocenters. The third kappa shape index (κ3) is 3.07. The predicted octanol–water partition coefficient (Wildman–Crippen LogP) is 2.18. The fourth-order valence-electron chi connectivity index (χ4n) is 3.29. The molecule has 3 rings (SSSR count). The van der Waals surface area contributed by atoms with Crippen LogP contribution in [0.2, 0.25) is 0 Å². The van der Waals surface area contributed by atoms with Crippen molar-refractivity contribution in [1.29, 1.82) is 0 Å². The lowest BCUT2D eigenvalue weighted by molar-refractivity contribution is 0.0940. The number of ketones is 1. The van der Waals surface area contributed by atoms with Crippen molar-refractivity contribution in [2.45, 2.75) is 25.3 Å². The van der Waals surface area contributed by atoms with Crippen molar-refractivity contribution in [3.63, 3.8) is 0 Å². The molecule has 20 heavy (non-hydrogen) atoms. The molecule has 0 saturated carbocycles. The monoisotopic (exact) mass is 276 g/mol. The Balaban J connectivity index is 1.53. The minimum absolute atomic E-state index is 0.0899. The van der Waals surface area contributed by atoms with Gasteiger partial charge in [-0.25, -0.2) is 4.39 Å². The number of hydrogen-bond acceptors (Lipinski definition) is 3. The van der Waals surface area contributed by atoms with Crippen LogP contribution >= 0.6 is 0 Å². The zero-order chi connectivity index (χ0) is 13.9. The van der Waals surface area contributed by atoms with E-state index in [0.717, 1.165) is 19.5 Å². The second-order valence-electron chi connectivity index (χ2n) is 5.85. The maximum absolute atomic E-state index is 12.9. The van der Waals surface area contributed by atoms with Gasteiger partial charge in [0.05, 0.1) is 6.54 Å². The number of hydrogen-bond donors (Lipinski definition) is 0. The van der Waals surface area contributed by atoms with Crippen LogP contribution in [0.4, 0.5) is 4.39 Å². The molecule has 1 aromatic carbocycles. The smallest absolute Gasteiger partial charge is 0.176 e. The molecule has 4 heteroatoms. The number of carbonyl (C=O) groups excluding carboxylic acids is 1. The number of halogens is 1. The number of Topliss-reactive ketones (excluding diaryl/α,β-unsaturated/α-hetero) is 1. The number of rotatable bonds is 4. The summed E-state index contributed by atoms with van der Waals surface area (Å²) in [7, 11) is 0. The summed E-state index contributed by atoms with van der Waals surface area (Å²) in [6.07, 6.45) is 3.78. The Labute approximate surface area is 119 Å². The zero-order valence-corrected chi connectivity index (χ0v) is 11.7. The van der Waals surface area contributed by atoms with Crippen molar-refractivity contribution in [1.82, 2.24) is 9.80 Å². The van der Waals surface area contributed by atoms with Gasteiger partial charge in [-0.1, -0.05) is 0 Å². The highest BCUT2D eigenvalue weighted by Gasteiger charge is 2.29. The van der Waals surface area contributed by atoms with Crippen molar-refractivity contribution in [2.75, 3.05) is 32.7 Å².